The van der Waals surface area contributed by atoms with Crippen LogP contribution in [0.15, 0.2) is 60.7 Å². The molecule has 1 nitrogen and oxygen atoms in total. The second kappa shape index (κ2) is 7.40. The summed E-state index contributed by atoms with van der Waals surface area (Å²) in [6.45, 7) is 2.24. The van der Waals surface area contributed by atoms with Gasteiger partial charge in [-0.05, 0) is 49.9 Å². The maximum atomic E-state index is 5.70. The second-order valence-electron chi connectivity index (χ2n) is 6.14. The molecule has 0 saturated heterocycles. The zero-order chi connectivity index (χ0) is 15.4. The Kier molecular flexibility index (Phi) is 5.28. The Morgan fingerprint density at radius 2 is 1.45 bits per heavy atom. The number of methoxy groups -OCH3 is 1. The molecule has 1 aliphatic carbocycles. The molecule has 0 aliphatic heterocycles. The summed E-state index contributed by atoms with van der Waals surface area (Å²) in [5.74, 6) is 0.677. The van der Waals surface area contributed by atoms with Gasteiger partial charge in [0.25, 0.3) is 0 Å². The van der Waals surface area contributed by atoms with E-state index in [9.17, 15) is 0 Å². The molecule has 0 bridgehead atoms. The molecule has 1 aliphatic rings. The molecule has 0 spiro atoms. The Morgan fingerprint density at radius 1 is 0.909 bits per heavy atom. The molecule has 2 aromatic carbocycles. The Bertz CT molecular complexity index is 529. The molecule has 1 saturated carbocycles. The average Bonchev–Trinajstić information content (AvgIpc) is 3.06. The number of rotatable bonds is 5. The third-order valence-electron chi connectivity index (χ3n) is 4.91. The van der Waals surface area contributed by atoms with Crippen LogP contribution in [-0.2, 0) is 4.74 Å². The van der Waals surface area contributed by atoms with Gasteiger partial charge in [0.05, 0.1) is 6.10 Å². The van der Waals surface area contributed by atoms with E-state index in [4.69, 9.17) is 4.74 Å². The van der Waals surface area contributed by atoms with Crippen LogP contribution in [0, 0.1) is 5.92 Å². The van der Waals surface area contributed by atoms with Crippen molar-refractivity contribution in [2.24, 2.45) is 5.92 Å². The van der Waals surface area contributed by atoms with Gasteiger partial charge < -0.3 is 4.74 Å². The van der Waals surface area contributed by atoms with Gasteiger partial charge in [0.2, 0.25) is 0 Å². The van der Waals surface area contributed by atoms with E-state index < -0.39 is 0 Å². The van der Waals surface area contributed by atoms with Crippen molar-refractivity contribution in [2.45, 2.75) is 37.9 Å². The zero-order valence-electron chi connectivity index (χ0n) is 13.5. The molecule has 0 N–H and O–H groups in total. The van der Waals surface area contributed by atoms with Crippen LogP contribution in [-0.4, -0.2) is 18.9 Å². The first-order chi connectivity index (χ1) is 10.8. The molecule has 22 heavy (non-hydrogen) atoms. The molecule has 1 fully saturated rings. The van der Waals surface area contributed by atoms with Crippen molar-refractivity contribution in [3.05, 3.63) is 60.7 Å². The van der Waals surface area contributed by atoms with E-state index >= 15 is 0 Å². The van der Waals surface area contributed by atoms with Crippen LogP contribution in [0.2, 0.25) is 0 Å². The van der Waals surface area contributed by atoms with Crippen molar-refractivity contribution in [3.8, 4) is 0 Å². The van der Waals surface area contributed by atoms with Gasteiger partial charge in [0.15, 0.2) is 0 Å². The normalized spacial score (nSPS) is 22.9. The molecule has 2 unspecified atom stereocenters. The smallest absolute Gasteiger partial charge is 0.0577 e. The molecule has 2 aromatic rings. The van der Waals surface area contributed by atoms with Crippen LogP contribution in [0.3, 0.4) is 0 Å². The number of ether oxygens (including phenoxy) is 1. The van der Waals surface area contributed by atoms with Gasteiger partial charge in [0.1, 0.15) is 0 Å². The first kappa shape index (κ1) is 15.7. The highest BCUT2D eigenvalue weighted by Gasteiger charge is 2.38. The summed E-state index contributed by atoms with van der Waals surface area (Å²) in [6.07, 6.45) is 4.32. The molecule has 0 heterocycles. The minimum Gasteiger partial charge on any atom is -0.381 e. The van der Waals surface area contributed by atoms with Crippen molar-refractivity contribution in [3.63, 3.8) is 0 Å². The van der Waals surface area contributed by atoms with Crippen molar-refractivity contribution in [2.75, 3.05) is 7.11 Å². The van der Waals surface area contributed by atoms with Gasteiger partial charge in [0, 0.05) is 7.11 Å². The Morgan fingerprint density at radius 3 is 1.95 bits per heavy atom. The first-order valence-electron chi connectivity index (χ1n) is 8.23. The quantitative estimate of drug-likeness (QED) is 0.747. The summed E-state index contributed by atoms with van der Waals surface area (Å²) in [5, 5.41) is 3.01. The lowest BCUT2D eigenvalue weighted by atomic mass is 10.0. The summed E-state index contributed by atoms with van der Waals surface area (Å²) in [6, 6.07) is 22.2. The highest BCUT2D eigenvalue weighted by molar-refractivity contribution is 7.73. The summed E-state index contributed by atoms with van der Waals surface area (Å²) in [4.78, 5) is 0. The highest BCUT2D eigenvalue weighted by Crippen LogP contribution is 2.51. The van der Waals surface area contributed by atoms with Crippen molar-refractivity contribution in [1.29, 1.82) is 0 Å². The lowest BCUT2D eigenvalue weighted by Gasteiger charge is -2.32. The maximum absolute atomic E-state index is 5.70. The summed E-state index contributed by atoms with van der Waals surface area (Å²) < 4.78 is 5.70. The predicted octanol–water partition coefficient (Wildman–Crippen LogP) is 4.32. The number of benzene rings is 2. The number of hydrogen-bond donors (Lipinski definition) is 0. The predicted molar refractivity (Wildman–Crippen MR) is 96.7 cm³/mol. The van der Waals surface area contributed by atoms with Gasteiger partial charge in [-0.15, -0.1) is 0 Å². The van der Waals surface area contributed by atoms with E-state index in [1.165, 1.54) is 29.9 Å². The SMILES string of the molecule is CO[C@@H](C)C1CCCC1P(c1ccccc1)c1ccccc1. The molecule has 116 valence electrons. The second-order valence-corrected chi connectivity index (χ2v) is 8.58. The van der Waals surface area contributed by atoms with Gasteiger partial charge in [-0.1, -0.05) is 67.1 Å². The van der Waals surface area contributed by atoms with Crippen LogP contribution in [0.1, 0.15) is 26.2 Å². The summed E-state index contributed by atoms with van der Waals surface area (Å²) >= 11 is 0. The van der Waals surface area contributed by atoms with E-state index in [1.54, 1.807) is 0 Å². The topological polar surface area (TPSA) is 9.23 Å². The third kappa shape index (κ3) is 3.26. The molecular weight excluding hydrogens is 287 g/mol. The Hall–Kier alpha value is -1.17. The van der Waals surface area contributed by atoms with E-state index in [-0.39, 0.29) is 7.92 Å². The molecule has 0 aromatic heterocycles. The largest absolute Gasteiger partial charge is 0.381 e. The summed E-state index contributed by atoms with van der Waals surface area (Å²) in [5.41, 5.74) is 0.731. The highest BCUT2D eigenvalue weighted by atomic mass is 31.1. The maximum Gasteiger partial charge on any atom is 0.0577 e. The summed E-state index contributed by atoms with van der Waals surface area (Å²) in [7, 11) is 1.55. The molecule has 0 amide bonds. The van der Waals surface area contributed by atoms with Gasteiger partial charge in [-0.2, -0.15) is 0 Å². The van der Waals surface area contributed by atoms with Gasteiger partial charge >= 0.3 is 0 Å². The molecule has 3 rings (SSSR count). The van der Waals surface area contributed by atoms with Crippen LogP contribution in [0.4, 0.5) is 0 Å². The van der Waals surface area contributed by atoms with Crippen LogP contribution >= 0.6 is 7.92 Å². The van der Waals surface area contributed by atoms with E-state index in [0.717, 1.165) is 5.66 Å². The minimum atomic E-state index is -0.309. The van der Waals surface area contributed by atoms with Crippen LogP contribution in [0.5, 0.6) is 0 Å². The average molecular weight is 312 g/mol. The molecule has 3 atom stereocenters. The fourth-order valence-corrected chi connectivity index (χ4v) is 6.99. The molecule has 0 radical (unpaired) electrons. The van der Waals surface area contributed by atoms with Crippen molar-refractivity contribution >= 4 is 18.5 Å². The monoisotopic (exact) mass is 312 g/mol. The Labute approximate surface area is 135 Å². The van der Waals surface area contributed by atoms with E-state index in [2.05, 4.69) is 67.6 Å². The molecular formula is C20H25OP. The fraction of sp³-hybridized carbons (Fsp3) is 0.400. The van der Waals surface area contributed by atoms with Gasteiger partial charge in [-0.3, -0.25) is 0 Å². The van der Waals surface area contributed by atoms with E-state index in [1.807, 2.05) is 7.11 Å². The zero-order valence-corrected chi connectivity index (χ0v) is 14.4. The lowest BCUT2D eigenvalue weighted by Crippen LogP contribution is -2.31. The van der Waals surface area contributed by atoms with E-state index in [0.29, 0.717) is 12.0 Å². The number of hydrogen-bond acceptors (Lipinski definition) is 1. The van der Waals surface area contributed by atoms with Gasteiger partial charge in [-0.25, -0.2) is 0 Å². The minimum absolute atomic E-state index is 0.309. The third-order valence-corrected chi connectivity index (χ3v) is 7.92. The molecule has 2 heteroatoms. The van der Waals surface area contributed by atoms with Crippen LogP contribution < -0.4 is 10.6 Å². The van der Waals surface area contributed by atoms with Crippen molar-refractivity contribution < 1.29 is 4.74 Å². The van der Waals surface area contributed by atoms with Crippen LogP contribution in [0.25, 0.3) is 0 Å². The Balaban J connectivity index is 1.99. The first-order valence-corrected chi connectivity index (χ1v) is 9.64. The van der Waals surface area contributed by atoms with Crippen molar-refractivity contribution in [1.82, 2.24) is 0 Å². The standard InChI is InChI=1S/C20H25OP/c1-16(21-2)19-14-9-15-20(19)22(17-10-5-3-6-11-17)18-12-7-4-8-13-18/h3-8,10-13,16,19-20H,9,14-15H2,1-2H3/t16-,19?,20?/m0/s1. The lowest BCUT2D eigenvalue weighted by molar-refractivity contribution is 0.0709. The fourth-order valence-electron chi connectivity index (χ4n) is 3.72.